The molecule has 1 fully saturated rings. The molecule has 0 aromatic heterocycles. The van der Waals surface area contributed by atoms with E-state index < -0.39 is 0 Å². The molecule has 30 heavy (non-hydrogen) atoms. The van der Waals surface area contributed by atoms with Gasteiger partial charge in [0.15, 0.2) is 6.19 Å². The Labute approximate surface area is 181 Å². The number of hydrogen-bond acceptors (Lipinski definition) is 2. The number of para-hydroxylation sites is 1. The van der Waals surface area contributed by atoms with Gasteiger partial charge < -0.3 is 5.32 Å². The van der Waals surface area contributed by atoms with Gasteiger partial charge >= 0.3 is 0 Å². The van der Waals surface area contributed by atoms with Gasteiger partial charge in [0.25, 0.3) is 0 Å². The fraction of sp³-hybridized carbons (Fsp3) is 0.462. The van der Waals surface area contributed by atoms with Crippen molar-refractivity contribution in [1.29, 1.82) is 5.26 Å². The molecule has 4 heteroatoms. The van der Waals surface area contributed by atoms with Crippen molar-refractivity contribution in [3.8, 4) is 6.19 Å². The highest BCUT2D eigenvalue weighted by molar-refractivity contribution is 5.96. The van der Waals surface area contributed by atoms with Crippen LogP contribution in [0, 0.1) is 11.5 Å². The summed E-state index contributed by atoms with van der Waals surface area (Å²) >= 11 is 0. The lowest BCUT2D eigenvalue weighted by Crippen LogP contribution is -2.32. The number of benzene rings is 2. The second kappa shape index (κ2) is 9.80. The summed E-state index contributed by atoms with van der Waals surface area (Å²) in [5, 5.41) is 15.7. The van der Waals surface area contributed by atoms with Gasteiger partial charge in [0.05, 0.1) is 6.54 Å². The number of hydrogen-bond donors (Lipinski definition) is 2. The minimum Gasteiger partial charge on any atom is -0.325 e. The first-order chi connectivity index (χ1) is 14.5. The van der Waals surface area contributed by atoms with Crippen LogP contribution in [-0.2, 0) is 5.41 Å². The van der Waals surface area contributed by atoms with Gasteiger partial charge in [0.1, 0.15) is 0 Å². The Kier molecular flexibility index (Phi) is 7.15. The Balaban J connectivity index is 1.94. The third-order valence-corrected chi connectivity index (χ3v) is 6.28. The van der Waals surface area contributed by atoms with E-state index >= 15 is 0 Å². The van der Waals surface area contributed by atoms with E-state index in [2.05, 4.69) is 93.1 Å². The molecule has 1 aliphatic carbocycles. The van der Waals surface area contributed by atoms with Crippen LogP contribution in [0.4, 0.5) is 5.69 Å². The van der Waals surface area contributed by atoms with Gasteiger partial charge in [-0.25, -0.2) is 0 Å². The van der Waals surface area contributed by atoms with Gasteiger partial charge in [0.2, 0.25) is 5.96 Å². The fourth-order valence-electron chi connectivity index (χ4n) is 4.59. The van der Waals surface area contributed by atoms with Crippen LogP contribution >= 0.6 is 0 Å². The monoisotopic (exact) mass is 402 g/mol. The van der Waals surface area contributed by atoms with Crippen molar-refractivity contribution in [3.63, 3.8) is 0 Å². The molecule has 0 bridgehead atoms. The lowest BCUT2D eigenvalue weighted by Gasteiger charge is -2.28. The highest BCUT2D eigenvalue weighted by Crippen LogP contribution is 2.41. The second-order valence-electron chi connectivity index (χ2n) is 9.00. The number of guanidine groups is 1. The molecule has 0 spiro atoms. The quantitative estimate of drug-likeness (QED) is 0.258. The predicted molar refractivity (Wildman–Crippen MR) is 126 cm³/mol. The van der Waals surface area contributed by atoms with Crippen LogP contribution in [0.25, 0.3) is 0 Å². The summed E-state index contributed by atoms with van der Waals surface area (Å²) < 4.78 is 0. The van der Waals surface area contributed by atoms with Crippen molar-refractivity contribution in [2.24, 2.45) is 4.99 Å². The van der Waals surface area contributed by atoms with Gasteiger partial charge in [-0.15, -0.1) is 0 Å². The van der Waals surface area contributed by atoms with E-state index in [0.717, 1.165) is 18.5 Å². The van der Waals surface area contributed by atoms with E-state index in [4.69, 9.17) is 4.99 Å². The molecule has 2 aromatic carbocycles. The number of anilines is 1. The molecule has 0 amide bonds. The molecule has 0 heterocycles. The van der Waals surface area contributed by atoms with Crippen LogP contribution in [-0.4, -0.2) is 12.5 Å². The van der Waals surface area contributed by atoms with Crippen molar-refractivity contribution < 1.29 is 0 Å². The Morgan fingerprint density at radius 2 is 1.57 bits per heavy atom. The van der Waals surface area contributed by atoms with Gasteiger partial charge in [-0.2, -0.15) is 5.26 Å². The molecule has 0 unspecified atom stereocenters. The first-order valence-corrected chi connectivity index (χ1v) is 11.1. The van der Waals surface area contributed by atoms with E-state index in [1.807, 2.05) is 0 Å². The van der Waals surface area contributed by atoms with Crippen molar-refractivity contribution >= 4 is 11.6 Å². The summed E-state index contributed by atoms with van der Waals surface area (Å²) in [7, 11) is 0. The minimum atomic E-state index is 0.0593. The van der Waals surface area contributed by atoms with E-state index in [-0.39, 0.29) is 5.41 Å². The first kappa shape index (κ1) is 21.9. The average molecular weight is 403 g/mol. The lowest BCUT2D eigenvalue weighted by atomic mass is 9.79. The largest absolute Gasteiger partial charge is 0.325 e. The molecule has 1 aliphatic rings. The molecular formula is C26H34N4. The average Bonchev–Trinajstić information content (AvgIpc) is 3.23. The van der Waals surface area contributed by atoms with Crippen LogP contribution in [0.3, 0.4) is 0 Å². The topological polar surface area (TPSA) is 60.2 Å². The zero-order valence-corrected chi connectivity index (χ0v) is 18.7. The SMILES string of the molecule is CC(C)c1cccc(C(C)C)c1NC(=NCC1(c2ccccc2)CCCC1)NC#N. The summed E-state index contributed by atoms with van der Waals surface area (Å²) in [6.07, 6.45) is 6.81. The molecule has 0 aliphatic heterocycles. The van der Waals surface area contributed by atoms with Crippen LogP contribution in [0.1, 0.15) is 81.9 Å². The Morgan fingerprint density at radius 1 is 0.967 bits per heavy atom. The van der Waals surface area contributed by atoms with Gasteiger partial charge in [-0.3, -0.25) is 10.3 Å². The predicted octanol–water partition coefficient (Wildman–Crippen LogP) is 6.28. The Hall–Kier alpha value is -2.80. The molecule has 4 nitrogen and oxygen atoms in total. The molecule has 158 valence electrons. The normalized spacial score (nSPS) is 16.0. The number of aliphatic imine (C=N–C) groups is 1. The molecule has 0 radical (unpaired) electrons. The van der Waals surface area contributed by atoms with Crippen molar-refractivity contribution in [2.75, 3.05) is 11.9 Å². The minimum absolute atomic E-state index is 0.0593. The molecule has 3 rings (SSSR count). The molecule has 2 aromatic rings. The zero-order valence-electron chi connectivity index (χ0n) is 18.7. The van der Waals surface area contributed by atoms with Crippen molar-refractivity contribution in [1.82, 2.24) is 5.32 Å². The maximum atomic E-state index is 9.36. The van der Waals surface area contributed by atoms with E-state index in [0.29, 0.717) is 24.3 Å². The van der Waals surface area contributed by atoms with Crippen LogP contribution in [0.5, 0.6) is 0 Å². The molecular weight excluding hydrogens is 368 g/mol. The highest BCUT2D eigenvalue weighted by Gasteiger charge is 2.35. The summed E-state index contributed by atoms with van der Waals surface area (Å²) in [6.45, 7) is 9.46. The van der Waals surface area contributed by atoms with E-state index in [9.17, 15) is 5.26 Å². The Bertz CT molecular complexity index is 874. The maximum Gasteiger partial charge on any atom is 0.209 e. The fourth-order valence-corrected chi connectivity index (χ4v) is 4.59. The Morgan fingerprint density at radius 3 is 2.10 bits per heavy atom. The summed E-state index contributed by atoms with van der Waals surface area (Å²) in [5.41, 5.74) is 4.97. The van der Waals surface area contributed by atoms with Crippen molar-refractivity contribution in [2.45, 2.75) is 70.6 Å². The summed E-state index contributed by atoms with van der Waals surface area (Å²) in [5.74, 6) is 1.29. The van der Waals surface area contributed by atoms with Gasteiger partial charge in [0, 0.05) is 11.1 Å². The third kappa shape index (κ3) is 4.84. The third-order valence-electron chi connectivity index (χ3n) is 6.28. The van der Waals surface area contributed by atoms with Gasteiger partial charge in [-0.05, 0) is 41.4 Å². The van der Waals surface area contributed by atoms with Gasteiger partial charge in [-0.1, -0.05) is 89.1 Å². The molecule has 1 saturated carbocycles. The van der Waals surface area contributed by atoms with Crippen LogP contribution < -0.4 is 10.6 Å². The first-order valence-electron chi connectivity index (χ1n) is 11.1. The standard InChI is InChI=1S/C26H34N4/c1-19(2)22-13-10-14-23(20(3)4)24(22)30-25(29-18-27)28-17-26(15-8-9-16-26)21-11-6-5-7-12-21/h5-7,10-14,19-20H,8-9,15-17H2,1-4H3,(H2,28,29,30). The number of nitriles is 1. The lowest BCUT2D eigenvalue weighted by molar-refractivity contribution is 0.454. The second-order valence-corrected chi connectivity index (χ2v) is 9.00. The summed E-state index contributed by atoms with van der Waals surface area (Å²) in [4.78, 5) is 4.91. The van der Waals surface area contributed by atoms with Crippen LogP contribution in [0.15, 0.2) is 53.5 Å². The number of nitrogens with one attached hydrogen (secondary N) is 2. The van der Waals surface area contributed by atoms with E-state index in [1.165, 1.54) is 29.5 Å². The highest BCUT2D eigenvalue weighted by atomic mass is 15.2. The van der Waals surface area contributed by atoms with E-state index in [1.54, 1.807) is 0 Å². The van der Waals surface area contributed by atoms with Crippen molar-refractivity contribution in [3.05, 3.63) is 65.2 Å². The number of nitrogens with zero attached hydrogens (tertiary/aromatic N) is 2. The molecule has 0 atom stereocenters. The summed E-state index contributed by atoms with van der Waals surface area (Å²) in [6, 6.07) is 17.2. The molecule has 0 saturated heterocycles. The number of rotatable bonds is 6. The molecule has 2 N–H and O–H groups in total. The maximum absolute atomic E-state index is 9.36. The zero-order chi connectivity index (χ0) is 21.6. The van der Waals surface area contributed by atoms with Crippen LogP contribution in [0.2, 0.25) is 0 Å². The smallest absolute Gasteiger partial charge is 0.209 e.